The number of aliphatic hydroxyl groups is 1. The molecule has 0 atom stereocenters. The van der Waals surface area contributed by atoms with Crippen LogP contribution in [0.25, 0.3) is 0 Å². The SMILES string of the molecule is O=C(CN1CC(CO)C1)Nc1ccc(Br)cc1Cl. The summed E-state index contributed by atoms with van der Waals surface area (Å²) in [6, 6.07) is 5.33. The van der Waals surface area contributed by atoms with E-state index in [1.807, 2.05) is 11.0 Å². The third kappa shape index (κ3) is 3.45. The van der Waals surface area contributed by atoms with Crippen molar-refractivity contribution in [2.24, 2.45) is 5.92 Å². The van der Waals surface area contributed by atoms with Gasteiger partial charge in [-0.2, -0.15) is 0 Å². The molecule has 1 amide bonds. The summed E-state index contributed by atoms with van der Waals surface area (Å²) in [5, 5.41) is 12.2. The fraction of sp³-hybridized carbons (Fsp3) is 0.417. The Hall–Kier alpha value is -0.620. The topological polar surface area (TPSA) is 52.6 Å². The summed E-state index contributed by atoms with van der Waals surface area (Å²) >= 11 is 9.32. The number of aliphatic hydroxyl groups excluding tert-OH is 1. The summed E-state index contributed by atoms with van der Waals surface area (Å²) < 4.78 is 0.874. The first-order valence-electron chi connectivity index (χ1n) is 5.66. The lowest BCUT2D eigenvalue weighted by Crippen LogP contribution is -2.51. The number of likely N-dealkylation sites (tertiary alicyclic amines) is 1. The molecule has 2 N–H and O–H groups in total. The number of hydrogen-bond acceptors (Lipinski definition) is 3. The monoisotopic (exact) mass is 332 g/mol. The van der Waals surface area contributed by atoms with Crippen molar-refractivity contribution >= 4 is 39.1 Å². The fourth-order valence-electron chi connectivity index (χ4n) is 1.91. The summed E-state index contributed by atoms with van der Waals surface area (Å²) in [4.78, 5) is 13.8. The van der Waals surface area contributed by atoms with Crippen molar-refractivity contribution in [1.29, 1.82) is 0 Å². The standard InChI is InChI=1S/C12H14BrClN2O2/c13-9-1-2-11(10(14)3-9)15-12(18)6-16-4-8(5-16)7-17/h1-3,8,17H,4-7H2,(H,15,18). The molecule has 1 heterocycles. The molecule has 1 aliphatic heterocycles. The molecule has 4 nitrogen and oxygen atoms in total. The molecule has 2 rings (SSSR count). The number of rotatable bonds is 4. The van der Waals surface area contributed by atoms with Crippen molar-refractivity contribution in [2.75, 3.05) is 31.6 Å². The van der Waals surface area contributed by atoms with E-state index in [1.54, 1.807) is 12.1 Å². The Morgan fingerprint density at radius 2 is 2.28 bits per heavy atom. The quantitative estimate of drug-likeness (QED) is 0.886. The molecule has 0 aliphatic carbocycles. The third-order valence-corrected chi connectivity index (χ3v) is 3.67. The average molecular weight is 334 g/mol. The predicted molar refractivity (Wildman–Crippen MR) is 74.8 cm³/mol. The second-order valence-corrected chi connectivity index (χ2v) is 5.74. The molecule has 1 fully saturated rings. The summed E-state index contributed by atoms with van der Waals surface area (Å²) in [7, 11) is 0. The molecule has 1 saturated heterocycles. The Bertz CT molecular complexity index is 450. The van der Waals surface area contributed by atoms with Crippen molar-refractivity contribution in [2.45, 2.75) is 0 Å². The molecule has 0 bridgehead atoms. The molecule has 98 valence electrons. The highest BCUT2D eigenvalue weighted by molar-refractivity contribution is 9.10. The maximum Gasteiger partial charge on any atom is 0.238 e. The predicted octanol–water partition coefficient (Wildman–Crippen LogP) is 1.97. The number of carbonyl (C=O) groups is 1. The second kappa shape index (κ2) is 6.02. The van der Waals surface area contributed by atoms with Gasteiger partial charge in [-0.15, -0.1) is 0 Å². The molecule has 0 radical (unpaired) electrons. The molecule has 1 aromatic rings. The van der Waals surface area contributed by atoms with E-state index < -0.39 is 0 Å². The first-order chi connectivity index (χ1) is 8.58. The van der Waals surface area contributed by atoms with Gasteiger partial charge in [-0.3, -0.25) is 9.69 Å². The zero-order chi connectivity index (χ0) is 13.1. The summed E-state index contributed by atoms with van der Waals surface area (Å²) in [5.74, 6) is 0.227. The van der Waals surface area contributed by atoms with Crippen molar-refractivity contribution in [3.05, 3.63) is 27.7 Å². The molecule has 0 spiro atoms. The van der Waals surface area contributed by atoms with Gasteiger partial charge in [-0.05, 0) is 18.2 Å². The van der Waals surface area contributed by atoms with Gasteiger partial charge in [0.05, 0.1) is 17.3 Å². The number of anilines is 1. The van der Waals surface area contributed by atoms with Crippen LogP contribution in [0.3, 0.4) is 0 Å². The van der Waals surface area contributed by atoms with Crippen LogP contribution in [0.2, 0.25) is 5.02 Å². The minimum atomic E-state index is -0.0874. The van der Waals surface area contributed by atoms with Crippen LogP contribution < -0.4 is 5.32 Å². The second-order valence-electron chi connectivity index (χ2n) is 4.42. The largest absolute Gasteiger partial charge is 0.396 e. The normalized spacial score (nSPS) is 16.4. The van der Waals surface area contributed by atoms with Crippen molar-refractivity contribution < 1.29 is 9.90 Å². The Labute approximate surface area is 119 Å². The summed E-state index contributed by atoms with van der Waals surface area (Å²) in [6.45, 7) is 2.08. The van der Waals surface area contributed by atoms with Gasteiger partial charge in [-0.25, -0.2) is 0 Å². The van der Waals surface area contributed by atoms with Crippen LogP contribution in [-0.4, -0.2) is 42.2 Å². The average Bonchev–Trinajstić information content (AvgIpc) is 2.27. The van der Waals surface area contributed by atoms with Gasteiger partial charge >= 0.3 is 0 Å². The van der Waals surface area contributed by atoms with E-state index in [-0.39, 0.29) is 12.5 Å². The highest BCUT2D eigenvalue weighted by atomic mass is 79.9. The number of hydrogen-bond donors (Lipinski definition) is 2. The van der Waals surface area contributed by atoms with Crippen LogP contribution in [0, 0.1) is 5.92 Å². The minimum absolute atomic E-state index is 0.0874. The van der Waals surface area contributed by atoms with Crippen LogP contribution in [-0.2, 0) is 4.79 Å². The van der Waals surface area contributed by atoms with Gasteiger partial charge in [-0.1, -0.05) is 27.5 Å². The first-order valence-corrected chi connectivity index (χ1v) is 6.83. The van der Waals surface area contributed by atoms with E-state index in [2.05, 4.69) is 21.2 Å². The van der Waals surface area contributed by atoms with Crippen LogP contribution in [0.4, 0.5) is 5.69 Å². The number of amides is 1. The van der Waals surface area contributed by atoms with E-state index in [4.69, 9.17) is 16.7 Å². The summed E-state index contributed by atoms with van der Waals surface area (Å²) in [6.07, 6.45) is 0. The van der Waals surface area contributed by atoms with Crippen LogP contribution >= 0.6 is 27.5 Å². The Morgan fingerprint density at radius 1 is 1.56 bits per heavy atom. The first kappa shape index (κ1) is 13.8. The Balaban J connectivity index is 1.84. The number of carbonyl (C=O) groups excluding carboxylic acids is 1. The molecule has 18 heavy (non-hydrogen) atoms. The minimum Gasteiger partial charge on any atom is -0.396 e. The summed E-state index contributed by atoms with van der Waals surface area (Å²) in [5.41, 5.74) is 0.615. The van der Waals surface area contributed by atoms with E-state index in [9.17, 15) is 4.79 Å². The zero-order valence-electron chi connectivity index (χ0n) is 9.70. The lowest BCUT2D eigenvalue weighted by molar-refractivity contribution is -0.119. The smallest absolute Gasteiger partial charge is 0.238 e. The Kier molecular flexibility index (Phi) is 4.61. The maximum atomic E-state index is 11.8. The molecule has 1 aromatic carbocycles. The van der Waals surface area contributed by atoms with Gasteiger partial charge in [0, 0.05) is 30.1 Å². The highest BCUT2D eigenvalue weighted by Gasteiger charge is 2.27. The van der Waals surface area contributed by atoms with Crippen LogP contribution in [0.15, 0.2) is 22.7 Å². The van der Waals surface area contributed by atoms with Crippen LogP contribution in [0.5, 0.6) is 0 Å². The highest BCUT2D eigenvalue weighted by Crippen LogP contribution is 2.25. The lowest BCUT2D eigenvalue weighted by Gasteiger charge is -2.37. The van der Waals surface area contributed by atoms with E-state index in [1.165, 1.54) is 0 Å². The van der Waals surface area contributed by atoms with Gasteiger partial charge in [0.15, 0.2) is 0 Å². The van der Waals surface area contributed by atoms with Gasteiger partial charge in [0.25, 0.3) is 0 Å². The van der Waals surface area contributed by atoms with Crippen molar-refractivity contribution in [3.8, 4) is 0 Å². The lowest BCUT2D eigenvalue weighted by atomic mass is 10.0. The molecular weight excluding hydrogens is 320 g/mol. The fourth-order valence-corrected chi connectivity index (χ4v) is 2.63. The molecule has 0 aromatic heterocycles. The number of nitrogens with one attached hydrogen (secondary N) is 1. The van der Waals surface area contributed by atoms with Gasteiger partial charge < -0.3 is 10.4 Å². The van der Waals surface area contributed by atoms with Gasteiger partial charge in [0.2, 0.25) is 5.91 Å². The van der Waals surface area contributed by atoms with Crippen molar-refractivity contribution in [1.82, 2.24) is 4.90 Å². The Morgan fingerprint density at radius 3 is 2.89 bits per heavy atom. The van der Waals surface area contributed by atoms with Crippen LogP contribution in [0.1, 0.15) is 0 Å². The van der Waals surface area contributed by atoms with E-state index in [0.717, 1.165) is 17.6 Å². The van der Waals surface area contributed by atoms with E-state index in [0.29, 0.717) is 23.2 Å². The molecular formula is C12H14BrClN2O2. The number of nitrogens with zero attached hydrogens (tertiary/aromatic N) is 1. The molecule has 6 heteroatoms. The van der Waals surface area contributed by atoms with Gasteiger partial charge in [0.1, 0.15) is 0 Å². The number of halogens is 2. The third-order valence-electron chi connectivity index (χ3n) is 2.86. The zero-order valence-corrected chi connectivity index (χ0v) is 12.0. The number of benzene rings is 1. The molecule has 1 aliphatic rings. The van der Waals surface area contributed by atoms with Crippen molar-refractivity contribution in [3.63, 3.8) is 0 Å². The molecule has 0 saturated carbocycles. The molecule has 0 unspecified atom stereocenters. The van der Waals surface area contributed by atoms with E-state index >= 15 is 0 Å². The maximum absolute atomic E-state index is 11.8.